The molecule has 15 heavy (non-hydrogen) atoms. The molecule has 0 amide bonds. The second-order valence-corrected chi connectivity index (χ2v) is 3.66. The lowest BCUT2D eigenvalue weighted by Crippen LogP contribution is -2.41. The van der Waals surface area contributed by atoms with E-state index in [0.717, 1.165) is 17.4 Å². The lowest BCUT2D eigenvalue weighted by molar-refractivity contribution is 0.105. The number of hydrogen-bond donors (Lipinski definition) is 0. The van der Waals surface area contributed by atoms with Crippen LogP contribution in [0, 0.1) is 0 Å². The van der Waals surface area contributed by atoms with Gasteiger partial charge in [-0.15, -0.1) is 0 Å². The van der Waals surface area contributed by atoms with E-state index in [1.807, 2.05) is 0 Å². The van der Waals surface area contributed by atoms with Crippen LogP contribution in [-0.4, -0.2) is 21.0 Å². The molecule has 0 bridgehead atoms. The Balaban J connectivity index is 2.57. The molecule has 1 atom stereocenters. The Morgan fingerprint density at radius 1 is 1.40 bits per heavy atom. The first-order valence-corrected chi connectivity index (χ1v) is 4.87. The number of ether oxygens (including phenoxy) is 1. The van der Waals surface area contributed by atoms with Gasteiger partial charge in [0, 0.05) is 20.7 Å². The molecule has 1 fully saturated rings. The van der Waals surface area contributed by atoms with Crippen LogP contribution in [-0.2, 0) is 18.8 Å². The van der Waals surface area contributed by atoms with Crippen LogP contribution in [0.4, 0.5) is 0 Å². The first kappa shape index (κ1) is 10.1. The van der Waals surface area contributed by atoms with Crippen LogP contribution in [0.15, 0.2) is 9.59 Å². The van der Waals surface area contributed by atoms with E-state index in [4.69, 9.17) is 4.74 Å². The van der Waals surface area contributed by atoms with Gasteiger partial charge in [0.15, 0.2) is 5.69 Å². The second-order valence-electron chi connectivity index (χ2n) is 3.66. The number of aryl methyl sites for hydroxylation is 1. The Morgan fingerprint density at radius 2 is 2.13 bits per heavy atom. The molecule has 0 N–H and O–H groups in total. The van der Waals surface area contributed by atoms with Crippen molar-refractivity contribution in [3.63, 3.8) is 0 Å². The molecule has 0 unspecified atom stereocenters. The molecular formula is C9H13N3O3. The average molecular weight is 211 g/mol. The summed E-state index contributed by atoms with van der Waals surface area (Å²) in [6, 6.07) is 0. The minimum Gasteiger partial charge on any atom is -0.372 e. The Kier molecular flexibility index (Phi) is 2.44. The van der Waals surface area contributed by atoms with Gasteiger partial charge < -0.3 is 4.74 Å². The zero-order chi connectivity index (χ0) is 11.0. The fourth-order valence-corrected chi connectivity index (χ4v) is 1.72. The Hall–Kier alpha value is -1.43. The van der Waals surface area contributed by atoms with Gasteiger partial charge in [0.1, 0.15) is 6.10 Å². The largest absolute Gasteiger partial charge is 0.372 e. The molecule has 1 aromatic rings. The summed E-state index contributed by atoms with van der Waals surface area (Å²) >= 11 is 0. The first-order valence-electron chi connectivity index (χ1n) is 4.87. The summed E-state index contributed by atoms with van der Waals surface area (Å²) in [7, 11) is 2.98. The molecule has 1 aliphatic heterocycles. The molecule has 0 radical (unpaired) electrons. The molecule has 1 aromatic heterocycles. The molecule has 1 aliphatic rings. The van der Waals surface area contributed by atoms with Crippen molar-refractivity contribution in [2.75, 3.05) is 6.61 Å². The molecule has 0 aromatic carbocycles. The fraction of sp³-hybridized carbons (Fsp3) is 0.667. The number of hydrogen-bond acceptors (Lipinski definition) is 4. The zero-order valence-corrected chi connectivity index (χ0v) is 8.77. The molecule has 0 aliphatic carbocycles. The molecule has 82 valence electrons. The van der Waals surface area contributed by atoms with Gasteiger partial charge in [0.2, 0.25) is 0 Å². The van der Waals surface area contributed by atoms with Gasteiger partial charge in [0.05, 0.1) is 0 Å². The average Bonchev–Trinajstić information content (AvgIpc) is 2.73. The monoisotopic (exact) mass is 211 g/mol. The summed E-state index contributed by atoms with van der Waals surface area (Å²) in [5.74, 6) is 0. The van der Waals surface area contributed by atoms with Crippen molar-refractivity contribution >= 4 is 0 Å². The van der Waals surface area contributed by atoms with Gasteiger partial charge in [0.25, 0.3) is 5.56 Å². The van der Waals surface area contributed by atoms with Crippen molar-refractivity contribution in [3.05, 3.63) is 26.5 Å². The van der Waals surface area contributed by atoms with Crippen LogP contribution >= 0.6 is 0 Å². The summed E-state index contributed by atoms with van der Waals surface area (Å²) < 4.78 is 7.60. The van der Waals surface area contributed by atoms with Gasteiger partial charge in [-0.05, 0) is 12.8 Å². The predicted molar refractivity (Wildman–Crippen MR) is 52.6 cm³/mol. The third-order valence-electron chi connectivity index (χ3n) is 2.58. The first-order chi connectivity index (χ1) is 7.11. The van der Waals surface area contributed by atoms with E-state index in [2.05, 4.69) is 5.10 Å². The van der Waals surface area contributed by atoms with Crippen molar-refractivity contribution in [2.24, 2.45) is 14.1 Å². The number of nitrogens with zero attached hydrogens (tertiary/aromatic N) is 3. The van der Waals surface area contributed by atoms with Crippen LogP contribution in [0.5, 0.6) is 0 Å². The molecule has 0 saturated carbocycles. The number of rotatable bonds is 1. The smallest absolute Gasteiger partial charge is 0.346 e. The van der Waals surface area contributed by atoms with Gasteiger partial charge in [-0.2, -0.15) is 5.10 Å². The molecule has 0 spiro atoms. The molecule has 6 heteroatoms. The highest BCUT2D eigenvalue weighted by molar-refractivity contribution is 5.00. The lowest BCUT2D eigenvalue weighted by atomic mass is 10.2. The summed E-state index contributed by atoms with van der Waals surface area (Å²) in [6.45, 7) is 0.651. The van der Waals surface area contributed by atoms with Crippen molar-refractivity contribution in [2.45, 2.75) is 18.9 Å². The van der Waals surface area contributed by atoms with Gasteiger partial charge >= 0.3 is 5.69 Å². The topological polar surface area (TPSA) is 66.1 Å². The van der Waals surface area contributed by atoms with Gasteiger partial charge in [-0.3, -0.25) is 9.36 Å². The van der Waals surface area contributed by atoms with E-state index < -0.39 is 5.69 Å². The van der Waals surface area contributed by atoms with Crippen molar-refractivity contribution in [1.29, 1.82) is 0 Å². The highest BCUT2D eigenvalue weighted by Gasteiger charge is 2.24. The van der Waals surface area contributed by atoms with E-state index in [9.17, 15) is 9.59 Å². The summed E-state index contributed by atoms with van der Waals surface area (Å²) in [6.07, 6.45) is 1.47. The maximum Gasteiger partial charge on any atom is 0.346 e. The summed E-state index contributed by atoms with van der Waals surface area (Å²) in [4.78, 5) is 23.1. The van der Waals surface area contributed by atoms with Crippen LogP contribution in [0.2, 0.25) is 0 Å². The molecule has 2 rings (SSSR count). The summed E-state index contributed by atoms with van der Waals surface area (Å²) in [5, 5.41) is 3.96. The van der Waals surface area contributed by atoms with Crippen LogP contribution in [0.25, 0.3) is 0 Å². The molecule has 1 saturated heterocycles. The lowest BCUT2D eigenvalue weighted by Gasteiger charge is -2.10. The SMILES string of the molecule is Cn1nc([C@@H]2CCCO2)c(=O)n(C)c1=O. The highest BCUT2D eigenvalue weighted by Crippen LogP contribution is 2.24. The Bertz CT molecular complexity index is 482. The van der Waals surface area contributed by atoms with Crippen molar-refractivity contribution in [1.82, 2.24) is 14.3 Å². The number of aromatic nitrogens is 3. The second kappa shape index (κ2) is 3.62. The predicted octanol–water partition coefficient (Wildman–Crippen LogP) is -0.669. The fourth-order valence-electron chi connectivity index (χ4n) is 1.72. The highest BCUT2D eigenvalue weighted by atomic mass is 16.5. The summed E-state index contributed by atoms with van der Waals surface area (Å²) in [5.41, 5.74) is -0.441. The maximum atomic E-state index is 11.7. The standard InChI is InChI=1S/C9H13N3O3/c1-11-8(13)7(6-4-3-5-15-6)10-12(2)9(11)14/h6H,3-5H2,1-2H3/t6-/m0/s1. The molecule has 6 nitrogen and oxygen atoms in total. The van der Waals surface area contributed by atoms with E-state index in [1.54, 1.807) is 0 Å². The zero-order valence-electron chi connectivity index (χ0n) is 8.77. The van der Waals surface area contributed by atoms with Crippen molar-refractivity contribution < 1.29 is 4.74 Å². The molecular weight excluding hydrogens is 198 g/mol. The van der Waals surface area contributed by atoms with E-state index >= 15 is 0 Å². The Morgan fingerprint density at radius 3 is 2.73 bits per heavy atom. The molecule has 2 heterocycles. The van der Waals surface area contributed by atoms with Gasteiger partial charge in [-0.1, -0.05) is 0 Å². The third-order valence-corrected chi connectivity index (χ3v) is 2.58. The minimum absolute atomic E-state index is 0.254. The minimum atomic E-state index is -0.415. The van der Waals surface area contributed by atoms with E-state index in [-0.39, 0.29) is 11.7 Å². The van der Waals surface area contributed by atoms with Crippen LogP contribution in [0.1, 0.15) is 24.6 Å². The van der Waals surface area contributed by atoms with E-state index in [0.29, 0.717) is 12.3 Å². The van der Waals surface area contributed by atoms with E-state index in [1.165, 1.54) is 18.8 Å². The Labute approximate surface area is 86.1 Å². The van der Waals surface area contributed by atoms with Crippen LogP contribution in [0.3, 0.4) is 0 Å². The van der Waals surface area contributed by atoms with Crippen molar-refractivity contribution in [3.8, 4) is 0 Å². The maximum absolute atomic E-state index is 11.7. The van der Waals surface area contributed by atoms with Gasteiger partial charge in [-0.25, -0.2) is 9.48 Å². The normalized spacial score (nSPS) is 20.8. The quantitative estimate of drug-likeness (QED) is 0.618. The van der Waals surface area contributed by atoms with Crippen LogP contribution < -0.4 is 11.2 Å². The third kappa shape index (κ3) is 1.61.